The van der Waals surface area contributed by atoms with Gasteiger partial charge in [-0.25, -0.2) is 0 Å². The molecular weight excluding hydrogens is 292 g/mol. The van der Waals surface area contributed by atoms with Gasteiger partial charge >= 0.3 is 0 Å². The number of carbonyl (C=O) groups excluding carboxylic acids is 1. The van der Waals surface area contributed by atoms with Crippen molar-refractivity contribution in [2.75, 3.05) is 40.4 Å². The van der Waals surface area contributed by atoms with E-state index in [0.717, 1.165) is 44.2 Å². The Morgan fingerprint density at radius 3 is 2.17 bits per heavy atom. The number of nitrogens with zero attached hydrogens (tertiary/aromatic N) is 2. The van der Waals surface area contributed by atoms with E-state index in [4.69, 9.17) is 9.47 Å². The second-order valence-electron chi connectivity index (χ2n) is 7.01. The van der Waals surface area contributed by atoms with Gasteiger partial charge in [-0.1, -0.05) is 26.8 Å². The lowest BCUT2D eigenvalue weighted by atomic mass is 9.94. The Labute approximate surface area is 139 Å². The summed E-state index contributed by atoms with van der Waals surface area (Å²) in [5.41, 5.74) is 0.893. The van der Waals surface area contributed by atoms with Crippen LogP contribution in [-0.4, -0.2) is 56.1 Å². The SMILES string of the molecule is COc1ccc(CN2CCN(C(=O)C(C)(C)C)CC2)cc1OC. The highest BCUT2D eigenvalue weighted by molar-refractivity contribution is 5.81. The molecule has 1 aromatic rings. The Morgan fingerprint density at radius 2 is 1.65 bits per heavy atom. The van der Waals surface area contributed by atoms with Crippen molar-refractivity contribution in [1.29, 1.82) is 0 Å². The molecule has 0 bridgehead atoms. The van der Waals surface area contributed by atoms with Crippen molar-refractivity contribution in [3.63, 3.8) is 0 Å². The van der Waals surface area contributed by atoms with Crippen molar-refractivity contribution >= 4 is 5.91 Å². The van der Waals surface area contributed by atoms with Gasteiger partial charge in [0.25, 0.3) is 0 Å². The minimum Gasteiger partial charge on any atom is -0.493 e. The van der Waals surface area contributed by atoms with Crippen LogP contribution >= 0.6 is 0 Å². The normalized spacial score (nSPS) is 16.3. The largest absolute Gasteiger partial charge is 0.493 e. The summed E-state index contributed by atoms with van der Waals surface area (Å²) in [5, 5.41) is 0. The molecule has 5 heteroatoms. The summed E-state index contributed by atoms with van der Waals surface area (Å²) in [6.07, 6.45) is 0. The van der Waals surface area contributed by atoms with Gasteiger partial charge in [0.1, 0.15) is 0 Å². The molecule has 1 fully saturated rings. The van der Waals surface area contributed by atoms with Gasteiger partial charge in [-0.15, -0.1) is 0 Å². The average molecular weight is 320 g/mol. The van der Waals surface area contributed by atoms with E-state index in [1.165, 1.54) is 5.56 Å². The quantitative estimate of drug-likeness (QED) is 0.854. The zero-order valence-corrected chi connectivity index (χ0v) is 14.9. The maximum absolute atomic E-state index is 12.3. The molecule has 2 rings (SSSR count). The summed E-state index contributed by atoms with van der Waals surface area (Å²) in [7, 11) is 3.29. The predicted octanol–water partition coefficient (Wildman–Crippen LogP) is 2.39. The van der Waals surface area contributed by atoms with E-state index in [2.05, 4.69) is 11.0 Å². The van der Waals surface area contributed by atoms with Gasteiger partial charge < -0.3 is 14.4 Å². The van der Waals surface area contributed by atoms with Crippen molar-refractivity contribution < 1.29 is 14.3 Å². The van der Waals surface area contributed by atoms with E-state index in [9.17, 15) is 4.79 Å². The molecule has 0 spiro atoms. The summed E-state index contributed by atoms with van der Waals surface area (Å²) in [5.74, 6) is 1.74. The number of methoxy groups -OCH3 is 2. The molecule has 0 saturated carbocycles. The summed E-state index contributed by atoms with van der Waals surface area (Å²) >= 11 is 0. The van der Waals surface area contributed by atoms with Crippen molar-refractivity contribution in [1.82, 2.24) is 9.80 Å². The van der Waals surface area contributed by atoms with Gasteiger partial charge in [-0.3, -0.25) is 9.69 Å². The van der Waals surface area contributed by atoms with Crippen molar-refractivity contribution in [3.8, 4) is 11.5 Å². The fraction of sp³-hybridized carbons (Fsp3) is 0.611. The number of benzene rings is 1. The Kier molecular flexibility index (Phi) is 5.52. The standard InChI is InChI=1S/C18H28N2O3/c1-18(2,3)17(21)20-10-8-19(9-11-20)13-14-6-7-15(22-4)16(12-14)23-5/h6-7,12H,8-11,13H2,1-5H3. The molecule has 1 aliphatic heterocycles. The third-order valence-electron chi connectivity index (χ3n) is 4.16. The molecule has 1 aliphatic rings. The predicted molar refractivity (Wildman–Crippen MR) is 90.9 cm³/mol. The first-order chi connectivity index (χ1) is 10.8. The summed E-state index contributed by atoms with van der Waals surface area (Å²) in [6.45, 7) is 10.2. The highest BCUT2D eigenvalue weighted by Crippen LogP contribution is 2.28. The molecule has 0 unspecified atom stereocenters. The molecular formula is C18H28N2O3. The fourth-order valence-electron chi connectivity index (χ4n) is 2.82. The van der Waals surface area contributed by atoms with Crippen molar-refractivity contribution in [3.05, 3.63) is 23.8 Å². The minimum atomic E-state index is -0.300. The molecule has 5 nitrogen and oxygen atoms in total. The van der Waals surface area contributed by atoms with Crippen LogP contribution in [0.15, 0.2) is 18.2 Å². The van der Waals surface area contributed by atoms with Crippen LogP contribution in [0.1, 0.15) is 26.3 Å². The molecule has 1 saturated heterocycles. The van der Waals surface area contributed by atoms with E-state index in [1.807, 2.05) is 37.8 Å². The van der Waals surface area contributed by atoms with Crippen LogP contribution < -0.4 is 9.47 Å². The maximum Gasteiger partial charge on any atom is 0.228 e. The Bertz CT molecular complexity index is 544. The topological polar surface area (TPSA) is 42.0 Å². The Balaban J connectivity index is 1.93. The summed E-state index contributed by atoms with van der Waals surface area (Å²) < 4.78 is 10.6. The van der Waals surface area contributed by atoms with E-state index in [0.29, 0.717) is 0 Å². The maximum atomic E-state index is 12.3. The van der Waals surface area contributed by atoms with Gasteiger partial charge in [0, 0.05) is 38.1 Å². The fourth-order valence-corrected chi connectivity index (χ4v) is 2.82. The number of hydrogen-bond donors (Lipinski definition) is 0. The number of rotatable bonds is 4. The molecule has 1 heterocycles. The van der Waals surface area contributed by atoms with Gasteiger partial charge in [-0.05, 0) is 17.7 Å². The first-order valence-electron chi connectivity index (χ1n) is 8.08. The van der Waals surface area contributed by atoms with Gasteiger partial charge in [-0.2, -0.15) is 0 Å². The summed E-state index contributed by atoms with van der Waals surface area (Å²) in [4.78, 5) is 16.7. The van der Waals surface area contributed by atoms with E-state index in [-0.39, 0.29) is 11.3 Å². The van der Waals surface area contributed by atoms with Crippen molar-refractivity contribution in [2.45, 2.75) is 27.3 Å². The number of piperazine rings is 1. The third-order valence-corrected chi connectivity index (χ3v) is 4.16. The molecule has 23 heavy (non-hydrogen) atoms. The lowest BCUT2D eigenvalue weighted by Crippen LogP contribution is -2.51. The van der Waals surface area contributed by atoms with E-state index >= 15 is 0 Å². The van der Waals surface area contributed by atoms with Crippen LogP contribution in [-0.2, 0) is 11.3 Å². The van der Waals surface area contributed by atoms with Crippen LogP contribution in [0.4, 0.5) is 0 Å². The number of amides is 1. The minimum absolute atomic E-state index is 0.239. The number of hydrogen-bond acceptors (Lipinski definition) is 4. The second kappa shape index (κ2) is 7.21. The lowest BCUT2D eigenvalue weighted by molar-refractivity contribution is -0.141. The average Bonchev–Trinajstić information content (AvgIpc) is 2.54. The van der Waals surface area contributed by atoms with Crippen LogP contribution in [0, 0.1) is 5.41 Å². The molecule has 1 amide bonds. The first-order valence-corrected chi connectivity index (χ1v) is 8.08. The molecule has 0 aromatic heterocycles. The van der Waals surface area contributed by atoms with Crippen LogP contribution in [0.25, 0.3) is 0 Å². The highest BCUT2D eigenvalue weighted by atomic mass is 16.5. The summed E-state index contributed by atoms with van der Waals surface area (Å²) in [6, 6.07) is 6.02. The molecule has 128 valence electrons. The van der Waals surface area contributed by atoms with E-state index < -0.39 is 0 Å². The second-order valence-corrected chi connectivity index (χ2v) is 7.01. The Hall–Kier alpha value is -1.75. The zero-order valence-electron chi connectivity index (χ0n) is 14.9. The highest BCUT2D eigenvalue weighted by Gasteiger charge is 2.29. The molecule has 0 atom stereocenters. The van der Waals surface area contributed by atoms with E-state index in [1.54, 1.807) is 14.2 Å². The zero-order chi connectivity index (χ0) is 17.0. The van der Waals surface area contributed by atoms with Crippen LogP contribution in [0.3, 0.4) is 0 Å². The number of ether oxygens (including phenoxy) is 2. The smallest absolute Gasteiger partial charge is 0.228 e. The van der Waals surface area contributed by atoms with Crippen molar-refractivity contribution in [2.24, 2.45) is 5.41 Å². The Morgan fingerprint density at radius 1 is 1.04 bits per heavy atom. The van der Waals surface area contributed by atoms with Crippen LogP contribution in [0.5, 0.6) is 11.5 Å². The number of carbonyl (C=O) groups is 1. The molecule has 0 aliphatic carbocycles. The van der Waals surface area contributed by atoms with Gasteiger partial charge in [0.2, 0.25) is 5.91 Å². The molecule has 0 N–H and O–H groups in total. The third kappa shape index (κ3) is 4.38. The monoisotopic (exact) mass is 320 g/mol. The molecule has 0 radical (unpaired) electrons. The van der Waals surface area contributed by atoms with Gasteiger partial charge in [0.15, 0.2) is 11.5 Å². The lowest BCUT2D eigenvalue weighted by Gasteiger charge is -2.37. The first kappa shape index (κ1) is 17.6. The van der Waals surface area contributed by atoms with Crippen LogP contribution in [0.2, 0.25) is 0 Å². The van der Waals surface area contributed by atoms with Gasteiger partial charge in [0.05, 0.1) is 14.2 Å². The molecule has 1 aromatic carbocycles.